The Morgan fingerprint density at radius 2 is 2.12 bits per heavy atom. The van der Waals surface area contributed by atoms with Gasteiger partial charge in [-0.3, -0.25) is 0 Å². The first-order valence-corrected chi connectivity index (χ1v) is 6.91. The first kappa shape index (κ1) is 12.9. The summed E-state index contributed by atoms with van der Waals surface area (Å²) in [5.41, 5.74) is 2.56. The first-order valence-electron chi connectivity index (χ1n) is 6.11. The highest BCUT2D eigenvalue weighted by atomic mass is 79.9. The van der Waals surface area contributed by atoms with Gasteiger partial charge in [0.15, 0.2) is 0 Å². The van der Waals surface area contributed by atoms with Gasteiger partial charge in [-0.2, -0.15) is 0 Å². The van der Waals surface area contributed by atoms with Crippen molar-refractivity contribution in [1.82, 2.24) is 0 Å². The van der Waals surface area contributed by atoms with Crippen molar-refractivity contribution in [3.05, 3.63) is 28.2 Å². The second kappa shape index (κ2) is 4.62. The third-order valence-electron chi connectivity index (χ3n) is 3.46. The molecular weight excluding hydrogens is 278 g/mol. The zero-order valence-corrected chi connectivity index (χ0v) is 12.3. The number of halogens is 1. The molecule has 1 fully saturated rings. The second-order valence-electron chi connectivity index (χ2n) is 5.71. The van der Waals surface area contributed by atoms with Gasteiger partial charge in [0.25, 0.3) is 0 Å². The van der Waals surface area contributed by atoms with Crippen molar-refractivity contribution >= 4 is 21.6 Å². The van der Waals surface area contributed by atoms with Gasteiger partial charge in [-0.25, -0.2) is 0 Å². The predicted octanol–water partition coefficient (Wildman–Crippen LogP) is 3.74. The van der Waals surface area contributed by atoms with Gasteiger partial charge in [0.05, 0.1) is 6.10 Å². The number of anilines is 1. The van der Waals surface area contributed by atoms with Crippen molar-refractivity contribution < 1.29 is 5.11 Å². The smallest absolute Gasteiger partial charge is 0.0782 e. The molecule has 2 rings (SSSR count). The lowest BCUT2D eigenvalue weighted by Crippen LogP contribution is -2.24. The third-order valence-corrected chi connectivity index (χ3v) is 3.95. The number of nitrogens with zero attached hydrogens (tertiary/aromatic N) is 1. The van der Waals surface area contributed by atoms with E-state index in [0.29, 0.717) is 5.41 Å². The van der Waals surface area contributed by atoms with Crippen LogP contribution in [0.1, 0.15) is 38.9 Å². The van der Waals surface area contributed by atoms with E-state index in [1.165, 1.54) is 12.1 Å². The lowest BCUT2D eigenvalue weighted by atomic mass is 9.93. The zero-order valence-electron chi connectivity index (χ0n) is 10.7. The minimum Gasteiger partial charge on any atom is -0.389 e. The van der Waals surface area contributed by atoms with Gasteiger partial charge in [-0.1, -0.05) is 35.8 Å². The molecule has 17 heavy (non-hydrogen) atoms. The van der Waals surface area contributed by atoms with Crippen LogP contribution in [0, 0.1) is 5.41 Å². The molecular formula is C14H20BrNO. The van der Waals surface area contributed by atoms with Crippen LogP contribution in [0.2, 0.25) is 0 Å². The van der Waals surface area contributed by atoms with Crippen molar-refractivity contribution in [2.75, 3.05) is 18.0 Å². The SMILES string of the molecule is CC(O)c1ccc(Br)cc1N1CCC(C)(C)C1. The van der Waals surface area contributed by atoms with Crippen molar-refractivity contribution in [2.24, 2.45) is 5.41 Å². The van der Waals surface area contributed by atoms with E-state index in [2.05, 4.69) is 40.7 Å². The zero-order chi connectivity index (χ0) is 12.6. The van der Waals surface area contributed by atoms with Gasteiger partial charge in [0.2, 0.25) is 0 Å². The molecule has 1 aliphatic rings. The summed E-state index contributed by atoms with van der Waals surface area (Å²) in [7, 11) is 0. The van der Waals surface area contributed by atoms with Gasteiger partial charge in [0.1, 0.15) is 0 Å². The lowest BCUT2D eigenvalue weighted by Gasteiger charge is -2.25. The van der Waals surface area contributed by atoms with Gasteiger partial charge in [-0.05, 0) is 30.9 Å². The van der Waals surface area contributed by atoms with Crippen LogP contribution in [0.4, 0.5) is 5.69 Å². The normalized spacial score (nSPS) is 20.6. The standard InChI is InChI=1S/C14H20BrNO/c1-10(17)12-5-4-11(15)8-13(12)16-7-6-14(2,3)9-16/h4-5,8,10,17H,6-7,9H2,1-3H3. The first-order chi connectivity index (χ1) is 7.89. The number of hydrogen-bond donors (Lipinski definition) is 1. The molecule has 1 atom stereocenters. The molecule has 0 radical (unpaired) electrons. The summed E-state index contributed by atoms with van der Waals surface area (Å²) in [6.45, 7) is 8.56. The molecule has 2 nitrogen and oxygen atoms in total. The summed E-state index contributed by atoms with van der Waals surface area (Å²) in [5.74, 6) is 0. The van der Waals surface area contributed by atoms with Crippen molar-refractivity contribution in [3.8, 4) is 0 Å². The van der Waals surface area contributed by atoms with Crippen LogP contribution in [0.5, 0.6) is 0 Å². The molecule has 1 unspecified atom stereocenters. The van der Waals surface area contributed by atoms with E-state index in [-0.39, 0.29) is 0 Å². The molecule has 0 saturated carbocycles. The summed E-state index contributed by atoms with van der Waals surface area (Å²) >= 11 is 3.51. The summed E-state index contributed by atoms with van der Waals surface area (Å²) < 4.78 is 1.07. The van der Waals surface area contributed by atoms with E-state index in [9.17, 15) is 5.11 Å². The maximum Gasteiger partial charge on any atom is 0.0782 e. The molecule has 1 aliphatic heterocycles. The van der Waals surface area contributed by atoms with E-state index in [1.807, 2.05) is 19.1 Å². The minimum absolute atomic E-state index is 0.373. The number of aliphatic hydroxyl groups is 1. The Morgan fingerprint density at radius 3 is 2.65 bits per heavy atom. The van der Waals surface area contributed by atoms with E-state index in [1.54, 1.807) is 0 Å². The molecule has 1 N–H and O–H groups in total. The molecule has 1 aromatic carbocycles. The molecule has 1 saturated heterocycles. The summed E-state index contributed by atoms with van der Waals surface area (Å²) in [6.07, 6.45) is 0.792. The summed E-state index contributed by atoms with van der Waals surface area (Å²) in [4.78, 5) is 2.38. The molecule has 0 bridgehead atoms. The Bertz CT molecular complexity index is 415. The van der Waals surface area contributed by atoms with E-state index >= 15 is 0 Å². The number of hydrogen-bond acceptors (Lipinski definition) is 2. The Morgan fingerprint density at radius 1 is 1.41 bits per heavy atom. The van der Waals surface area contributed by atoms with Crippen LogP contribution in [0.25, 0.3) is 0 Å². The van der Waals surface area contributed by atoms with Crippen LogP contribution < -0.4 is 4.90 Å². The largest absolute Gasteiger partial charge is 0.389 e. The molecule has 3 heteroatoms. The number of rotatable bonds is 2. The molecule has 0 amide bonds. The molecule has 1 heterocycles. The Kier molecular flexibility index (Phi) is 3.50. The van der Waals surface area contributed by atoms with Crippen LogP contribution in [-0.4, -0.2) is 18.2 Å². The second-order valence-corrected chi connectivity index (χ2v) is 6.63. The van der Waals surface area contributed by atoms with Gasteiger partial charge in [-0.15, -0.1) is 0 Å². The number of aliphatic hydroxyl groups excluding tert-OH is 1. The lowest BCUT2D eigenvalue weighted by molar-refractivity contribution is 0.199. The maximum absolute atomic E-state index is 9.84. The molecule has 1 aromatic rings. The molecule has 0 spiro atoms. The summed E-state index contributed by atoms with van der Waals surface area (Å²) in [5, 5.41) is 9.84. The van der Waals surface area contributed by atoms with Gasteiger partial charge < -0.3 is 10.0 Å². The fraction of sp³-hybridized carbons (Fsp3) is 0.571. The fourth-order valence-corrected chi connectivity index (χ4v) is 2.81. The van der Waals surface area contributed by atoms with Gasteiger partial charge in [0, 0.05) is 28.8 Å². The quantitative estimate of drug-likeness (QED) is 0.899. The Balaban J connectivity index is 2.34. The van der Waals surface area contributed by atoms with Crippen LogP contribution in [-0.2, 0) is 0 Å². The number of benzene rings is 1. The summed E-state index contributed by atoms with van der Waals surface area (Å²) in [6, 6.07) is 6.12. The highest BCUT2D eigenvalue weighted by Gasteiger charge is 2.30. The monoisotopic (exact) mass is 297 g/mol. The van der Waals surface area contributed by atoms with Gasteiger partial charge >= 0.3 is 0 Å². The minimum atomic E-state index is -0.415. The van der Waals surface area contributed by atoms with Crippen molar-refractivity contribution in [3.63, 3.8) is 0 Å². The molecule has 0 aromatic heterocycles. The predicted molar refractivity (Wildman–Crippen MR) is 75.4 cm³/mol. The highest BCUT2D eigenvalue weighted by Crippen LogP contribution is 2.37. The van der Waals surface area contributed by atoms with Crippen LogP contribution in [0.15, 0.2) is 22.7 Å². The van der Waals surface area contributed by atoms with Crippen molar-refractivity contribution in [1.29, 1.82) is 0 Å². The van der Waals surface area contributed by atoms with E-state index < -0.39 is 6.10 Å². The van der Waals surface area contributed by atoms with Crippen LogP contribution >= 0.6 is 15.9 Å². The Hall–Kier alpha value is -0.540. The average molecular weight is 298 g/mol. The van der Waals surface area contributed by atoms with E-state index in [0.717, 1.165) is 23.1 Å². The molecule has 0 aliphatic carbocycles. The topological polar surface area (TPSA) is 23.5 Å². The molecule has 94 valence electrons. The van der Waals surface area contributed by atoms with Crippen molar-refractivity contribution in [2.45, 2.75) is 33.3 Å². The van der Waals surface area contributed by atoms with E-state index in [4.69, 9.17) is 0 Å². The van der Waals surface area contributed by atoms with Crippen LogP contribution in [0.3, 0.4) is 0 Å². The third kappa shape index (κ3) is 2.83. The highest BCUT2D eigenvalue weighted by molar-refractivity contribution is 9.10. The average Bonchev–Trinajstić information content (AvgIpc) is 2.58. The Labute approximate surface area is 112 Å². The maximum atomic E-state index is 9.84. The fourth-order valence-electron chi connectivity index (χ4n) is 2.46.